The average Bonchev–Trinajstić information content (AvgIpc) is 2.54. The third kappa shape index (κ3) is 5.06. The van der Waals surface area contributed by atoms with Gasteiger partial charge in [-0.05, 0) is 24.7 Å². The maximum atomic E-state index is 13.8. The number of nitrogens with one attached hydrogen (secondary N) is 2. The normalized spacial score (nSPS) is 11.2. The topological polar surface area (TPSA) is 70.6 Å². The van der Waals surface area contributed by atoms with Crippen molar-refractivity contribution in [2.45, 2.75) is 33.1 Å². The van der Waals surface area contributed by atoms with Crippen molar-refractivity contribution in [3.8, 4) is 5.75 Å². The number of hydrogen-bond donors (Lipinski definition) is 3. The van der Waals surface area contributed by atoms with Crippen LogP contribution in [0.5, 0.6) is 5.75 Å². The zero-order valence-electron chi connectivity index (χ0n) is 13.7. The van der Waals surface area contributed by atoms with Crippen LogP contribution in [0.25, 0.3) is 0 Å². The summed E-state index contributed by atoms with van der Waals surface area (Å²) < 4.78 is 32.0. The Morgan fingerprint density at radius 2 is 1.91 bits per heavy atom. The van der Waals surface area contributed by atoms with Crippen LogP contribution in [0, 0.1) is 17.0 Å². The molecule has 0 aliphatic carbocycles. The van der Waals surface area contributed by atoms with Crippen molar-refractivity contribution < 1.29 is 23.4 Å². The highest BCUT2D eigenvalue weighted by Gasteiger charge is 2.26. The highest BCUT2D eigenvalue weighted by atomic mass is 19.1. The van der Waals surface area contributed by atoms with E-state index in [0.717, 1.165) is 25.0 Å². The fourth-order valence-electron chi connectivity index (χ4n) is 2.39. The van der Waals surface area contributed by atoms with Crippen LogP contribution in [0.1, 0.15) is 33.1 Å². The molecule has 0 fully saturated rings. The Bertz CT molecular complexity index is 534. The number of hydrogen-bond acceptors (Lipinski definition) is 3. The van der Waals surface area contributed by atoms with E-state index in [1.807, 2.05) is 13.8 Å². The molecule has 0 bridgehead atoms. The summed E-state index contributed by atoms with van der Waals surface area (Å²) in [4.78, 5) is 11.9. The van der Waals surface area contributed by atoms with E-state index in [2.05, 4.69) is 15.4 Å². The maximum absolute atomic E-state index is 13.8. The Hall–Kier alpha value is -1.89. The molecule has 0 aromatic heterocycles. The SMILES string of the molecule is CCC(CC)(CCO)CNC(=O)Nc1cc(F)c(OC)cc1F. The van der Waals surface area contributed by atoms with Gasteiger partial charge in [-0.25, -0.2) is 13.6 Å². The van der Waals surface area contributed by atoms with E-state index in [1.165, 1.54) is 7.11 Å². The van der Waals surface area contributed by atoms with Gasteiger partial charge in [0, 0.05) is 25.3 Å². The minimum atomic E-state index is -0.786. The molecule has 0 aliphatic rings. The zero-order valence-corrected chi connectivity index (χ0v) is 13.7. The number of benzene rings is 1. The molecule has 0 saturated carbocycles. The Labute approximate surface area is 135 Å². The number of halogens is 2. The van der Waals surface area contributed by atoms with Crippen LogP contribution in [-0.4, -0.2) is 31.4 Å². The van der Waals surface area contributed by atoms with E-state index in [-0.39, 0.29) is 23.5 Å². The molecule has 0 saturated heterocycles. The summed E-state index contributed by atoms with van der Waals surface area (Å²) in [6.07, 6.45) is 2.14. The molecule has 23 heavy (non-hydrogen) atoms. The fraction of sp³-hybridized carbons (Fsp3) is 0.562. The number of aliphatic hydroxyl groups is 1. The second-order valence-corrected chi connectivity index (χ2v) is 5.45. The molecule has 130 valence electrons. The van der Waals surface area contributed by atoms with Gasteiger partial charge in [0.05, 0.1) is 12.8 Å². The van der Waals surface area contributed by atoms with Crippen LogP contribution < -0.4 is 15.4 Å². The largest absolute Gasteiger partial charge is 0.494 e. The first kappa shape index (κ1) is 19.2. The molecule has 0 heterocycles. The van der Waals surface area contributed by atoms with Crippen LogP contribution in [0.3, 0.4) is 0 Å². The molecule has 2 amide bonds. The minimum absolute atomic E-state index is 0.0310. The van der Waals surface area contributed by atoms with Gasteiger partial charge in [-0.1, -0.05) is 13.8 Å². The quantitative estimate of drug-likeness (QED) is 0.685. The van der Waals surface area contributed by atoms with Crippen LogP contribution in [0.2, 0.25) is 0 Å². The van der Waals surface area contributed by atoms with Gasteiger partial charge in [0.2, 0.25) is 0 Å². The van der Waals surface area contributed by atoms with Gasteiger partial charge in [-0.2, -0.15) is 0 Å². The summed E-state index contributed by atoms with van der Waals surface area (Å²) in [7, 11) is 1.23. The Balaban J connectivity index is 2.72. The van der Waals surface area contributed by atoms with Crippen molar-refractivity contribution in [1.29, 1.82) is 0 Å². The number of carbonyl (C=O) groups excluding carboxylic acids is 1. The number of anilines is 1. The van der Waals surface area contributed by atoms with Crippen molar-refractivity contribution >= 4 is 11.7 Å². The van der Waals surface area contributed by atoms with Crippen molar-refractivity contribution in [3.05, 3.63) is 23.8 Å². The number of urea groups is 1. The van der Waals surface area contributed by atoms with Crippen molar-refractivity contribution in [2.75, 3.05) is 25.6 Å². The number of ether oxygens (including phenoxy) is 1. The smallest absolute Gasteiger partial charge is 0.319 e. The lowest BCUT2D eigenvalue weighted by Crippen LogP contribution is -2.39. The van der Waals surface area contributed by atoms with Gasteiger partial charge in [0.1, 0.15) is 0 Å². The highest BCUT2D eigenvalue weighted by Crippen LogP contribution is 2.29. The van der Waals surface area contributed by atoms with E-state index in [0.29, 0.717) is 13.0 Å². The Morgan fingerprint density at radius 1 is 1.26 bits per heavy atom. The first-order chi connectivity index (χ1) is 10.9. The summed E-state index contributed by atoms with van der Waals surface area (Å²) in [6, 6.07) is 1.12. The summed E-state index contributed by atoms with van der Waals surface area (Å²) >= 11 is 0. The lowest BCUT2D eigenvalue weighted by Gasteiger charge is -2.31. The number of carbonyl (C=O) groups is 1. The first-order valence-corrected chi connectivity index (χ1v) is 7.60. The molecule has 3 N–H and O–H groups in total. The van der Waals surface area contributed by atoms with E-state index in [4.69, 9.17) is 5.11 Å². The van der Waals surface area contributed by atoms with Crippen LogP contribution in [0.4, 0.5) is 19.3 Å². The summed E-state index contributed by atoms with van der Waals surface area (Å²) in [6.45, 7) is 4.34. The van der Waals surface area contributed by atoms with Gasteiger partial charge in [0.15, 0.2) is 17.4 Å². The molecule has 7 heteroatoms. The van der Waals surface area contributed by atoms with Crippen LogP contribution in [0.15, 0.2) is 12.1 Å². The summed E-state index contributed by atoms with van der Waals surface area (Å²) in [5, 5.41) is 14.1. The van der Waals surface area contributed by atoms with Gasteiger partial charge in [0.25, 0.3) is 0 Å². The fourth-order valence-corrected chi connectivity index (χ4v) is 2.39. The molecule has 0 atom stereocenters. The first-order valence-electron chi connectivity index (χ1n) is 7.60. The molecule has 5 nitrogen and oxygen atoms in total. The third-order valence-corrected chi connectivity index (χ3v) is 4.26. The number of methoxy groups -OCH3 is 1. The van der Waals surface area contributed by atoms with Crippen LogP contribution >= 0.6 is 0 Å². The lowest BCUT2D eigenvalue weighted by molar-refractivity contribution is 0.165. The second-order valence-electron chi connectivity index (χ2n) is 5.45. The molecule has 1 rings (SSSR count). The predicted molar refractivity (Wildman–Crippen MR) is 84.6 cm³/mol. The van der Waals surface area contributed by atoms with Gasteiger partial charge in [-0.3, -0.25) is 0 Å². The minimum Gasteiger partial charge on any atom is -0.494 e. The molecule has 1 aromatic rings. The van der Waals surface area contributed by atoms with Crippen molar-refractivity contribution in [3.63, 3.8) is 0 Å². The maximum Gasteiger partial charge on any atom is 0.319 e. The predicted octanol–water partition coefficient (Wildman–Crippen LogP) is 3.28. The highest BCUT2D eigenvalue weighted by molar-refractivity contribution is 5.89. The molecule has 0 radical (unpaired) electrons. The average molecular weight is 330 g/mol. The molecule has 0 unspecified atom stereocenters. The summed E-state index contributed by atoms with van der Waals surface area (Å²) in [5.74, 6) is -1.78. The number of aliphatic hydroxyl groups excluding tert-OH is 1. The van der Waals surface area contributed by atoms with Gasteiger partial charge < -0.3 is 20.5 Å². The monoisotopic (exact) mass is 330 g/mol. The van der Waals surface area contributed by atoms with E-state index >= 15 is 0 Å². The summed E-state index contributed by atoms with van der Waals surface area (Å²) in [5.41, 5.74) is -0.475. The molecule has 0 aliphatic heterocycles. The van der Waals surface area contributed by atoms with Crippen LogP contribution in [-0.2, 0) is 0 Å². The molecule has 0 spiro atoms. The van der Waals surface area contributed by atoms with Gasteiger partial charge in [-0.15, -0.1) is 0 Å². The third-order valence-electron chi connectivity index (χ3n) is 4.26. The van der Waals surface area contributed by atoms with E-state index < -0.39 is 17.7 Å². The standard InChI is InChI=1S/C16H24F2N2O3/c1-4-16(5-2,6-7-21)10-19-15(22)20-13-8-12(18)14(23-3)9-11(13)17/h8-9,21H,4-7,10H2,1-3H3,(H2,19,20,22). The molecule has 1 aromatic carbocycles. The van der Waals surface area contributed by atoms with E-state index in [1.54, 1.807) is 0 Å². The zero-order chi connectivity index (χ0) is 17.5. The molecular formula is C16H24F2N2O3. The lowest BCUT2D eigenvalue weighted by atomic mass is 9.79. The Kier molecular flexibility index (Phi) is 7.22. The number of amides is 2. The second kappa shape index (κ2) is 8.67. The number of rotatable bonds is 8. The molecular weight excluding hydrogens is 306 g/mol. The van der Waals surface area contributed by atoms with Crippen molar-refractivity contribution in [2.24, 2.45) is 5.41 Å². The van der Waals surface area contributed by atoms with E-state index in [9.17, 15) is 13.6 Å². The Morgan fingerprint density at radius 3 is 2.43 bits per heavy atom. The van der Waals surface area contributed by atoms with Crippen molar-refractivity contribution in [1.82, 2.24) is 5.32 Å². The van der Waals surface area contributed by atoms with Gasteiger partial charge >= 0.3 is 6.03 Å².